The van der Waals surface area contributed by atoms with Crippen LogP contribution in [0.4, 0.5) is 5.69 Å². The maximum atomic E-state index is 11.8. The summed E-state index contributed by atoms with van der Waals surface area (Å²) in [5, 5.41) is 14.9. The van der Waals surface area contributed by atoms with E-state index in [2.05, 4.69) is 24.4 Å². The number of aryl methyl sites for hydroxylation is 1. The molecule has 1 N–H and O–H groups in total. The molecule has 0 aromatic heterocycles. The third-order valence-corrected chi connectivity index (χ3v) is 3.68. The number of hydrogen-bond acceptors (Lipinski definition) is 5. The SMILES string of the molecule is Cc1ccc(OCC(=O)NN=Cc2ccc(C(C)C)cc2)c([N+](=O)[O-])c1. The molecule has 136 valence electrons. The fourth-order valence-electron chi connectivity index (χ4n) is 2.21. The van der Waals surface area contributed by atoms with Crippen molar-refractivity contribution >= 4 is 17.8 Å². The van der Waals surface area contributed by atoms with Gasteiger partial charge in [-0.3, -0.25) is 14.9 Å². The first-order chi connectivity index (χ1) is 12.4. The van der Waals surface area contributed by atoms with E-state index in [-0.39, 0.29) is 18.0 Å². The van der Waals surface area contributed by atoms with Gasteiger partial charge in [-0.05, 0) is 35.6 Å². The van der Waals surface area contributed by atoms with Gasteiger partial charge in [-0.25, -0.2) is 5.43 Å². The average Bonchev–Trinajstić information content (AvgIpc) is 2.61. The van der Waals surface area contributed by atoms with Crippen LogP contribution in [-0.4, -0.2) is 23.7 Å². The number of hydrazone groups is 1. The number of benzene rings is 2. The van der Waals surface area contributed by atoms with Crippen molar-refractivity contribution in [2.24, 2.45) is 5.10 Å². The molecule has 0 spiro atoms. The molecule has 0 atom stereocenters. The molecule has 2 aromatic rings. The third kappa shape index (κ3) is 5.41. The molecule has 1 amide bonds. The van der Waals surface area contributed by atoms with Gasteiger partial charge in [0, 0.05) is 6.07 Å². The number of nitrogens with one attached hydrogen (secondary N) is 1. The normalized spacial score (nSPS) is 10.9. The fourth-order valence-corrected chi connectivity index (χ4v) is 2.21. The fraction of sp³-hybridized carbons (Fsp3) is 0.263. The molecule has 0 aliphatic heterocycles. The van der Waals surface area contributed by atoms with Gasteiger partial charge in [0.25, 0.3) is 5.91 Å². The van der Waals surface area contributed by atoms with Crippen LogP contribution >= 0.6 is 0 Å². The van der Waals surface area contributed by atoms with Crippen LogP contribution in [0.15, 0.2) is 47.6 Å². The summed E-state index contributed by atoms with van der Waals surface area (Å²) < 4.78 is 5.23. The van der Waals surface area contributed by atoms with Crippen molar-refractivity contribution in [2.45, 2.75) is 26.7 Å². The smallest absolute Gasteiger partial charge is 0.311 e. The van der Waals surface area contributed by atoms with Crippen LogP contribution in [-0.2, 0) is 4.79 Å². The Hall–Kier alpha value is -3.22. The Bertz CT molecular complexity index is 814. The first-order valence-electron chi connectivity index (χ1n) is 8.16. The molecule has 0 saturated carbocycles. The van der Waals surface area contributed by atoms with Crippen molar-refractivity contribution in [1.82, 2.24) is 5.43 Å². The second kappa shape index (κ2) is 8.75. The molecule has 2 aromatic carbocycles. The first-order valence-corrected chi connectivity index (χ1v) is 8.16. The predicted molar refractivity (Wildman–Crippen MR) is 99.6 cm³/mol. The van der Waals surface area contributed by atoms with Crippen LogP contribution in [0, 0.1) is 17.0 Å². The Morgan fingerprint density at radius 3 is 2.58 bits per heavy atom. The van der Waals surface area contributed by atoms with E-state index in [1.807, 2.05) is 24.3 Å². The summed E-state index contributed by atoms with van der Waals surface area (Å²) in [6.07, 6.45) is 1.52. The number of carbonyl (C=O) groups is 1. The van der Waals surface area contributed by atoms with E-state index < -0.39 is 10.8 Å². The lowest BCUT2D eigenvalue weighted by atomic mass is 10.0. The molecule has 26 heavy (non-hydrogen) atoms. The zero-order chi connectivity index (χ0) is 19.1. The second-order valence-electron chi connectivity index (χ2n) is 6.13. The van der Waals surface area contributed by atoms with Gasteiger partial charge in [-0.2, -0.15) is 5.10 Å². The molecule has 0 unspecified atom stereocenters. The Kier molecular flexibility index (Phi) is 6.43. The van der Waals surface area contributed by atoms with E-state index >= 15 is 0 Å². The standard InChI is InChI=1S/C19H21N3O4/c1-13(2)16-7-5-15(6-8-16)11-20-21-19(23)12-26-18-9-4-14(3)10-17(18)22(24)25/h4-11,13H,12H2,1-3H3,(H,21,23). The number of nitro benzene ring substituents is 1. The van der Waals surface area contributed by atoms with Crippen LogP contribution in [0.2, 0.25) is 0 Å². The van der Waals surface area contributed by atoms with Gasteiger partial charge in [0.15, 0.2) is 12.4 Å². The quantitative estimate of drug-likeness (QED) is 0.467. The Morgan fingerprint density at radius 1 is 1.27 bits per heavy atom. The summed E-state index contributed by atoms with van der Waals surface area (Å²) in [4.78, 5) is 22.3. The monoisotopic (exact) mass is 355 g/mol. The molecule has 0 saturated heterocycles. The lowest BCUT2D eigenvalue weighted by Crippen LogP contribution is -2.24. The second-order valence-corrected chi connectivity index (χ2v) is 6.13. The van der Waals surface area contributed by atoms with Crippen LogP contribution in [0.1, 0.15) is 36.5 Å². The highest BCUT2D eigenvalue weighted by atomic mass is 16.6. The van der Waals surface area contributed by atoms with E-state index in [1.165, 1.54) is 23.9 Å². The van der Waals surface area contributed by atoms with Crippen molar-refractivity contribution in [2.75, 3.05) is 6.61 Å². The zero-order valence-electron chi connectivity index (χ0n) is 14.9. The maximum absolute atomic E-state index is 11.8. The summed E-state index contributed by atoms with van der Waals surface area (Å²) in [7, 11) is 0. The minimum absolute atomic E-state index is 0.0454. The highest BCUT2D eigenvalue weighted by molar-refractivity contribution is 5.83. The molecule has 0 radical (unpaired) electrons. The Balaban J connectivity index is 1.88. The number of carbonyl (C=O) groups excluding carboxylic acids is 1. The summed E-state index contributed by atoms with van der Waals surface area (Å²) in [5.74, 6) is -0.0115. The van der Waals surface area contributed by atoms with Gasteiger partial charge < -0.3 is 4.74 Å². The van der Waals surface area contributed by atoms with Crippen molar-refractivity contribution in [3.8, 4) is 5.75 Å². The highest BCUT2D eigenvalue weighted by Gasteiger charge is 2.16. The maximum Gasteiger partial charge on any atom is 0.311 e. The zero-order valence-corrected chi connectivity index (χ0v) is 14.9. The van der Waals surface area contributed by atoms with Gasteiger partial charge >= 0.3 is 5.69 Å². The topological polar surface area (TPSA) is 93.8 Å². The molecule has 7 nitrogen and oxygen atoms in total. The van der Waals surface area contributed by atoms with Gasteiger partial charge in [0.1, 0.15) is 0 Å². The molecule has 0 fully saturated rings. The van der Waals surface area contributed by atoms with E-state index in [9.17, 15) is 14.9 Å². The molecule has 0 heterocycles. The van der Waals surface area contributed by atoms with Crippen molar-refractivity contribution in [3.63, 3.8) is 0 Å². The Labute approximate surface area is 151 Å². The minimum Gasteiger partial charge on any atom is -0.477 e. The number of ether oxygens (including phenoxy) is 1. The molecule has 0 bridgehead atoms. The minimum atomic E-state index is -0.542. The van der Waals surface area contributed by atoms with Crippen LogP contribution < -0.4 is 10.2 Å². The summed E-state index contributed by atoms with van der Waals surface area (Å²) in [5.41, 5.74) is 4.97. The molecular weight excluding hydrogens is 334 g/mol. The molecule has 0 aliphatic carbocycles. The van der Waals surface area contributed by atoms with Crippen LogP contribution in [0.25, 0.3) is 0 Å². The number of nitro groups is 1. The largest absolute Gasteiger partial charge is 0.477 e. The predicted octanol–water partition coefficient (Wildman–Crippen LogP) is 3.56. The molecule has 2 rings (SSSR count). The summed E-state index contributed by atoms with van der Waals surface area (Å²) >= 11 is 0. The first kappa shape index (κ1) is 19.1. The van der Waals surface area contributed by atoms with Crippen LogP contribution in [0.3, 0.4) is 0 Å². The van der Waals surface area contributed by atoms with E-state index in [1.54, 1.807) is 13.0 Å². The van der Waals surface area contributed by atoms with Gasteiger partial charge in [0.2, 0.25) is 0 Å². The number of hydrogen-bond donors (Lipinski definition) is 1. The average molecular weight is 355 g/mol. The number of amides is 1. The Morgan fingerprint density at radius 2 is 1.96 bits per heavy atom. The van der Waals surface area contributed by atoms with Gasteiger partial charge in [-0.1, -0.05) is 44.2 Å². The lowest BCUT2D eigenvalue weighted by Gasteiger charge is -2.06. The summed E-state index contributed by atoms with van der Waals surface area (Å²) in [6, 6.07) is 12.4. The number of rotatable bonds is 7. The van der Waals surface area contributed by atoms with Crippen LogP contribution in [0.5, 0.6) is 5.75 Å². The van der Waals surface area contributed by atoms with E-state index in [0.717, 1.165) is 11.1 Å². The molecule has 7 heteroatoms. The van der Waals surface area contributed by atoms with Crippen molar-refractivity contribution in [1.29, 1.82) is 0 Å². The van der Waals surface area contributed by atoms with Gasteiger partial charge in [0.05, 0.1) is 11.1 Å². The molecular formula is C19H21N3O4. The van der Waals surface area contributed by atoms with Crippen molar-refractivity contribution in [3.05, 3.63) is 69.3 Å². The highest BCUT2D eigenvalue weighted by Crippen LogP contribution is 2.27. The van der Waals surface area contributed by atoms with E-state index in [0.29, 0.717) is 5.92 Å². The lowest BCUT2D eigenvalue weighted by molar-refractivity contribution is -0.385. The third-order valence-electron chi connectivity index (χ3n) is 3.68. The molecule has 0 aliphatic rings. The summed E-state index contributed by atoms with van der Waals surface area (Å²) in [6.45, 7) is 5.60. The van der Waals surface area contributed by atoms with Crippen molar-refractivity contribution < 1.29 is 14.5 Å². The van der Waals surface area contributed by atoms with Gasteiger partial charge in [-0.15, -0.1) is 0 Å². The number of nitrogens with zero attached hydrogens (tertiary/aromatic N) is 2. The van der Waals surface area contributed by atoms with E-state index in [4.69, 9.17) is 4.74 Å².